The van der Waals surface area contributed by atoms with Crippen LogP contribution in [0.5, 0.6) is 11.5 Å². The Kier molecular flexibility index (Phi) is 8.56. The lowest BCUT2D eigenvalue weighted by Gasteiger charge is -2.26. The highest BCUT2D eigenvalue weighted by Gasteiger charge is 2.46. The summed E-state index contributed by atoms with van der Waals surface area (Å²) in [6, 6.07) is 17.3. The summed E-state index contributed by atoms with van der Waals surface area (Å²) in [4.78, 5) is 32.1. The van der Waals surface area contributed by atoms with E-state index in [0.29, 0.717) is 35.8 Å². The van der Waals surface area contributed by atoms with E-state index in [4.69, 9.17) is 9.47 Å². The van der Waals surface area contributed by atoms with Crippen molar-refractivity contribution in [1.82, 2.24) is 9.88 Å². The SMILES string of the molecule is CCCCCOc1ccc(C2/C(=C(\O)c3ccncc3)C(=O)C(=O)N2Cc2ccccc2)cc1OCC. The number of benzene rings is 2. The molecule has 0 saturated carbocycles. The van der Waals surface area contributed by atoms with Gasteiger partial charge in [-0.25, -0.2) is 0 Å². The number of Topliss-reactive ketones (excluding diaryl/α,β-unsaturated/α-hetero) is 1. The predicted octanol–water partition coefficient (Wildman–Crippen LogP) is 5.67. The summed E-state index contributed by atoms with van der Waals surface area (Å²) in [5.41, 5.74) is 1.97. The molecule has 3 aromatic rings. The van der Waals surface area contributed by atoms with Gasteiger partial charge in [-0.1, -0.05) is 56.2 Å². The van der Waals surface area contributed by atoms with Crippen LogP contribution >= 0.6 is 0 Å². The van der Waals surface area contributed by atoms with E-state index in [2.05, 4.69) is 11.9 Å². The highest BCUT2D eigenvalue weighted by Crippen LogP contribution is 2.42. The summed E-state index contributed by atoms with van der Waals surface area (Å²) in [5, 5.41) is 11.2. The summed E-state index contributed by atoms with van der Waals surface area (Å²) < 4.78 is 11.9. The lowest BCUT2D eigenvalue weighted by atomic mass is 9.95. The number of ketones is 1. The number of pyridine rings is 1. The maximum atomic E-state index is 13.3. The number of hydrogen-bond acceptors (Lipinski definition) is 6. The Bertz CT molecular complexity index is 1260. The molecule has 1 unspecified atom stereocenters. The number of rotatable bonds is 11. The van der Waals surface area contributed by atoms with Gasteiger partial charge < -0.3 is 19.5 Å². The normalized spacial score (nSPS) is 16.7. The molecule has 192 valence electrons. The fourth-order valence-corrected chi connectivity index (χ4v) is 4.45. The van der Waals surface area contributed by atoms with E-state index in [1.54, 1.807) is 24.3 Å². The van der Waals surface area contributed by atoms with Gasteiger partial charge >= 0.3 is 0 Å². The van der Waals surface area contributed by atoms with Crippen LogP contribution in [0.2, 0.25) is 0 Å². The molecule has 0 aliphatic carbocycles. The second-order valence-corrected chi connectivity index (χ2v) is 8.84. The first kappa shape index (κ1) is 25.9. The molecule has 0 radical (unpaired) electrons. The largest absolute Gasteiger partial charge is 0.507 e. The van der Waals surface area contributed by atoms with Crippen LogP contribution in [0.4, 0.5) is 0 Å². The molecule has 2 heterocycles. The van der Waals surface area contributed by atoms with E-state index in [1.165, 1.54) is 17.3 Å². The van der Waals surface area contributed by atoms with E-state index in [-0.39, 0.29) is 17.9 Å². The zero-order chi connectivity index (χ0) is 26.2. The molecule has 1 amide bonds. The number of likely N-dealkylation sites (tertiary alicyclic amines) is 1. The molecule has 37 heavy (non-hydrogen) atoms. The molecule has 1 fully saturated rings. The zero-order valence-electron chi connectivity index (χ0n) is 21.2. The summed E-state index contributed by atoms with van der Waals surface area (Å²) in [7, 11) is 0. The molecule has 7 nitrogen and oxygen atoms in total. The third-order valence-electron chi connectivity index (χ3n) is 6.28. The molecule has 1 atom stereocenters. The molecule has 1 N–H and O–H groups in total. The number of hydrogen-bond donors (Lipinski definition) is 1. The van der Waals surface area contributed by atoms with Gasteiger partial charge in [-0.3, -0.25) is 14.6 Å². The molecule has 0 bridgehead atoms. The average molecular weight is 501 g/mol. The van der Waals surface area contributed by atoms with Gasteiger partial charge in [0.05, 0.1) is 24.8 Å². The topological polar surface area (TPSA) is 89.0 Å². The van der Waals surface area contributed by atoms with E-state index in [0.717, 1.165) is 24.8 Å². The van der Waals surface area contributed by atoms with Gasteiger partial charge in [-0.05, 0) is 48.7 Å². The van der Waals surface area contributed by atoms with Crippen LogP contribution in [0.25, 0.3) is 5.76 Å². The summed E-state index contributed by atoms with van der Waals surface area (Å²) in [5.74, 6) is -0.490. The van der Waals surface area contributed by atoms with Crippen molar-refractivity contribution in [3.63, 3.8) is 0 Å². The van der Waals surface area contributed by atoms with Crippen molar-refractivity contribution in [2.75, 3.05) is 13.2 Å². The first-order valence-electron chi connectivity index (χ1n) is 12.7. The molecule has 1 saturated heterocycles. The quantitative estimate of drug-likeness (QED) is 0.158. The number of aliphatic hydroxyl groups excluding tert-OH is 1. The van der Waals surface area contributed by atoms with Crippen molar-refractivity contribution in [2.24, 2.45) is 0 Å². The fraction of sp³-hybridized carbons (Fsp3) is 0.300. The molecule has 0 spiro atoms. The minimum atomic E-state index is -0.804. The Hall–Kier alpha value is -4.13. The smallest absolute Gasteiger partial charge is 0.295 e. The van der Waals surface area contributed by atoms with E-state index >= 15 is 0 Å². The van der Waals surface area contributed by atoms with Gasteiger partial charge in [-0.2, -0.15) is 0 Å². The van der Waals surface area contributed by atoms with E-state index < -0.39 is 17.7 Å². The van der Waals surface area contributed by atoms with Crippen molar-refractivity contribution in [1.29, 1.82) is 0 Å². The summed E-state index contributed by atoms with van der Waals surface area (Å²) in [6.07, 6.45) is 6.17. The van der Waals surface area contributed by atoms with Crippen LogP contribution in [0.1, 0.15) is 55.8 Å². The molecular formula is C30H32N2O5. The highest BCUT2D eigenvalue weighted by atomic mass is 16.5. The lowest BCUT2D eigenvalue weighted by molar-refractivity contribution is -0.140. The van der Waals surface area contributed by atoms with Crippen LogP contribution in [0.3, 0.4) is 0 Å². The van der Waals surface area contributed by atoms with Crippen molar-refractivity contribution in [2.45, 2.75) is 45.7 Å². The Balaban J connectivity index is 1.79. The van der Waals surface area contributed by atoms with Gasteiger partial charge in [0.1, 0.15) is 5.76 Å². The summed E-state index contributed by atoms with van der Waals surface area (Å²) >= 11 is 0. The van der Waals surface area contributed by atoms with Crippen molar-refractivity contribution >= 4 is 17.4 Å². The number of carbonyl (C=O) groups excluding carboxylic acids is 2. The van der Waals surface area contributed by atoms with Crippen molar-refractivity contribution in [3.05, 3.63) is 95.3 Å². The number of amides is 1. The van der Waals surface area contributed by atoms with Crippen LogP contribution in [-0.2, 0) is 16.1 Å². The molecular weight excluding hydrogens is 468 g/mol. The Morgan fingerprint density at radius 3 is 2.41 bits per heavy atom. The van der Waals surface area contributed by atoms with E-state index in [9.17, 15) is 14.7 Å². The first-order valence-corrected chi connectivity index (χ1v) is 12.7. The lowest BCUT2D eigenvalue weighted by Crippen LogP contribution is -2.29. The van der Waals surface area contributed by atoms with Gasteiger partial charge in [0.2, 0.25) is 0 Å². The van der Waals surface area contributed by atoms with Gasteiger partial charge in [0.25, 0.3) is 11.7 Å². The molecule has 1 aromatic heterocycles. The van der Waals surface area contributed by atoms with Crippen LogP contribution in [0.15, 0.2) is 78.6 Å². The molecule has 4 rings (SSSR count). The number of unbranched alkanes of at least 4 members (excludes halogenated alkanes) is 2. The standard InChI is InChI=1S/C30H32N2O5/c1-3-5-9-18-37-24-13-12-23(19-25(24)36-4-2)27-26(28(33)22-14-16-31-17-15-22)29(34)30(35)32(27)20-21-10-7-6-8-11-21/h6-8,10-17,19,27,33H,3-5,9,18,20H2,1-2H3/b28-26+. The number of aromatic nitrogens is 1. The van der Waals surface area contributed by atoms with Crippen molar-refractivity contribution in [3.8, 4) is 11.5 Å². The van der Waals surface area contributed by atoms with Crippen LogP contribution in [0, 0.1) is 0 Å². The second-order valence-electron chi connectivity index (χ2n) is 8.84. The number of aliphatic hydroxyl groups is 1. The third kappa shape index (κ3) is 5.82. The van der Waals surface area contributed by atoms with Gasteiger partial charge in [0.15, 0.2) is 11.5 Å². The molecule has 1 aliphatic heterocycles. The summed E-state index contributed by atoms with van der Waals surface area (Å²) in [6.45, 7) is 5.23. The minimum absolute atomic E-state index is 0.0335. The van der Waals surface area contributed by atoms with Gasteiger partial charge in [0, 0.05) is 24.5 Å². The number of carbonyl (C=O) groups is 2. The molecule has 1 aliphatic rings. The predicted molar refractivity (Wildman–Crippen MR) is 141 cm³/mol. The average Bonchev–Trinajstić information content (AvgIpc) is 3.17. The number of ether oxygens (including phenoxy) is 2. The second kappa shape index (κ2) is 12.2. The maximum Gasteiger partial charge on any atom is 0.295 e. The molecule has 7 heteroatoms. The maximum absolute atomic E-state index is 13.3. The molecule has 2 aromatic carbocycles. The van der Waals surface area contributed by atoms with Gasteiger partial charge in [-0.15, -0.1) is 0 Å². The number of nitrogens with zero attached hydrogens (tertiary/aromatic N) is 2. The Morgan fingerprint density at radius 2 is 1.70 bits per heavy atom. The van der Waals surface area contributed by atoms with Crippen LogP contribution in [-0.4, -0.2) is 39.9 Å². The Labute approximate surface area is 217 Å². The Morgan fingerprint density at radius 1 is 0.946 bits per heavy atom. The monoisotopic (exact) mass is 500 g/mol. The minimum Gasteiger partial charge on any atom is -0.507 e. The first-order chi connectivity index (χ1) is 18.0. The third-order valence-corrected chi connectivity index (χ3v) is 6.28. The highest BCUT2D eigenvalue weighted by molar-refractivity contribution is 6.46. The zero-order valence-corrected chi connectivity index (χ0v) is 21.2. The van der Waals surface area contributed by atoms with Crippen LogP contribution < -0.4 is 9.47 Å². The van der Waals surface area contributed by atoms with Crippen molar-refractivity contribution < 1.29 is 24.2 Å². The fourth-order valence-electron chi connectivity index (χ4n) is 4.45. The van der Waals surface area contributed by atoms with E-state index in [1.807, 2.05) is 43.3 Å².